The summed E-state index contributed by atoms with van der Waals surface area (Å²) in [6.45, 7) is 9.43. The van der Waals surface area contributed by atoms with Crippen LogP contribution in [0.25, 0.3) is 0 Å². The summed E-state index contributed by atoms with van der Waals surface area (Å²) in [5.74, 6) is 5.72. The van der Waals surface area contributed by atoms with Crippen LogP contribution in [0.1, 0.15) is 45.4 Å². The molecule has 1 fully saturated rings. The van der Waals surface area contributed by atoms with Crippen molar-refractivity contribution in [3.05, 3.63) is 93.3 Å². The molecule has 0 amide bonds. The van der Waals surface area contributed by atoms with E-state index in [0.717, 1.165) is 6.42 Å². The maximum absolute atomic E-state index is 12.6. The van der Waals surface area contributed by atoms with Crippen LogP contribution in [0.5, 0.6) is 0 Å². The zero-order valence-electron chi connectivity index (χ0n) is 22.1. The van der Waals surface area contributed by atoms with Crippen LogP contribution >= 0.6 is 0 Å². The Balaban J connectivity index is 1.69. The minimum atomic E-state index is -2.74. The Hall–Kier alpha value is -2.82. The summed E-state index contributed by atoms with van der Waals surface area (Å²) < 4.78 is 15.1. The van der Waals surface area contributed by atoms with Crippen LogP contribution < -0.4 is 32.9 Å². The molecular weight excluding hydrogens is 484 g/mol. The molecule has 0 spiro atoms. The van der Waals surface area contributed by atoms with E-state index < -0.39 is 20.2 Å². The quantitative estimate of drug-likeness (QED) is 0.226. The number of ether oxygens (including phenoxy) is 1. The van der Waals surface area contributed by atoms with Gasteiger partial charge in [0, 0.05) is 18.3 Å². The Bertz CT molecular complexity index is 1250. The zero-order chi connectivity index (χ0) is 26.6. The highest BCUT2D eigenvalue weighted by molar-refractivity contribution is 6.99. The molecule has 37 heavy (non-hydrogen) atoms. The third-order valence-corrected chi connectivity index (χ3v) is 12.4. The lowest BCUT2D eigenvalue weighted by molar-refractivity contribution is -0.0299. The molecule has 8 nitrogen and oxygen atoms in total. The lowest BCUT2D eigenvalue weighted by Gasteiger charge is -2.43. The smallest absolute Gasteiger partial charge is 0.330 e. The van der Waals surface area contributed by atoms with Gasteiger partial charge in [0.1, 0.15) is 6.23 Å². The largest absolute Gasteiger partial charge is 0.405 e. The number of benzene rings is 2. The van der Waals surface area contributed by atoms with E-state index in [-0.39, 0.29) is 22.6 Å². The Morgan fingerprint density at radius 2 is 1.68 bits per heavy atom. The molecule has 2 heterocycles. The Morgan fingerprint density at radius 1 is 1.08 bits per heavy atom. The van der Waals surface area contributed by atoms with Gasteiger partial charge in [-0.1, -0.05) is 81.4 Å². The van der Waals surface area contributed by atoms with Gasteiger partial charge in [0.05, 0.1) is 12.7 Å². The first kappa shape index (κ1) is 27.2. The minimum absolute atomic E-state index is 0.124. The molecule has 198 valence electrons. The number of aromatic nitrogens is 2. The van der Waals surface area contributed by atoms with Crippen LogP contribution in [0.2, 0.25) is 5.04 Å². The topological polar surface area (TPSA) is 111 Å². The van der Waals surface area contributed by atoms with Crippen molar-refractivity contribution in [2.24, 2.45) is 11.8 Å². The number of hydrazine groups is 1. The fourth-order valence-corrected chi connectivity index (χ4v) is 10.0. The van der Waals surface area contributed by atoms with E-state index in [4.69, 9.17) is 15.0 Å². The molecule has 9 heteroatoms. The number of H-pyrrole nitrogens is 1. The third kappa shape index (κ3) is 5.56. The van der Waals surface area contributed by atoms with Gasteiger partial charge in [0.25, 0.3) is 13.9 Å². The van der Waals surface area contributed by atoms with Gasteiger partial charge < -0.3 is 9.16 Å². The lowest BCUT2D eigenvalue weighted by Crippen LogP contribution is -2.67. The Kier molecular flexibility index (Phi) is 8.30. The summed E-state index contributed by atoms with van der Waals surface area (Å²) in [7, 11) is -2.74. The molecule has 4 rings (SSSR count). The first-order chi connectivity index (χ1) is 17.7. The highest BCUT2D eigenvalue weighted by atomic mass is 28.4. The summed E-state index contributed by atoms with van der Waals surface area (Å²) in [5.41, 5.74) is 2.36. The number of aromatic amines is 1. The second-order valence-electron chi connectivity index (χ2n) is 10.8. The minimum Gasteiger partial charge on any atom is -0.405 e. The predicted molar refractivity (Wildman–Crippen MR) is 148 cm³/mol. The molecule has 0 bridgehead atoms. The standard InChI is InChI=1S/C28H38N4O4Si/c1-20-18-32(27(34)31-26(20)33)25-17-21(15-16-30-29)24(36-25)19-35-37(28(2,3)4,22-11-7-5-8-12-22)23-13-9-6-10-14-23/h5-14,18,21,24-25,30H,15-17,19,29H2,1-4H3,(H,31,33,34)/t21?,24-,25-/m1/s1. The first-order valence-electron chi connectivity index (χ1n) is 12.8. The molecule has 2 aromatic carbocycles. The van der Waals surface area contributed by atoms with Crippen molar-refractivity contribution in [1.29, 1.82) is 0 Å². The van der Waals surface area contributed by atoms with Crippen molar-refractivity contribution >= 4 is 18.7 Å². The van der Waals surface area contributed by atoms with Gasteiger partial charge in [0.2, 0.25) is 0 Å². The molecule has 0 aliphatic carbocycles. The first-order valence-corrected chi connectivity index (χ1v) is 14.7. The van der Waals surface area contributed by atoms with Crippen molar-refractivity contribution in [1.82, 2.24) is 15.0 Å². The number of hydrogen-bond donors (Lipinski definition) is 3. The molecule has 3 atom stereocenters. The highest BCUT2D eigenvalue weighted by Crippen LogP contribution is 2.39. The van der Waals surface area contributed by atoms with Crippen LogP contribution in [0.4, 0.5) is 0 Å². The van der Waals surface area contributed by atoms with E-state index in [1.165, 1.54) is 14.9 Å². The van der Waals surface area contributed by atoms with Gasteiger partial charge in [-0.2, -0.15) is 0 Å². The molecule has 4 N–H and O–H groups in total. The van der Waals surface area contributed by atoms with E-state index >= 15 is 0 Å². The van der Waals surface area contributed by atoms with Crippen molar-refractivity contribution < 1.29 is 9.16 Å². The monoisotopic (exact) mass is 522 g/mol. The van der Waals surface area contributed by atoms with Crippen LogP contribution in [-0.4, -0.2) is 37.1 Å². The third-order valence-electron chi connectivity index (χ3n) is 7.36. The molecule has 1 saturated heterocycles. The van der Waals surface area contributed by atoms with E-state index in [2.05, 4.69) is 79.7 Å². The van der Waals surface area contributed by atoms with E-state index in [0.29, 0.717) is 25.1 Å². The number of aryl methyl sites for hydroxylation is 1. The van der Waals surface area contributed by atoms with Gasteiger partial charge in [-0.15, -0.1) is 0 Å². The van der Waals surface area contributed by atoms with Crippen LogP contribution in [0, 0.1) is 12.8 Å². The van der Waals surface area contributed by atoms with E-state index in [1.807, 2.05) is 12.1 Å². The molecule has 3 aromatic rings. The average molecular weight is 523 g/mol. The number of hydrogen-bond acceptors (Lipinski definition) is 6. The van der Waals surface area contributed by atoms with Gasteiger partial charge in [-0.3, -0.25) is 25.6 Å². The summed E-state index contributed by atoms with van der Waals surface area (Å²) in [4.78, 5) is 26.9. The SMILES string of the molecule is Cc1cn([C@H]2CC(CCNN)[C@@H](CO[Si](c3ccccc3)(c3ccccc3)C(C)(C)C)O2)c(=O)[nH]c1=O. The maximum atomic E-state index is 12.6. The average Bonchev–Trinajstić information content (AvgIpc) is 3.28. The number of rotatable bonds is 9. The Labute approximate surface area is 218 Å². The molecule has 1 unspecified atom stereocenters. The fourth-order valence-electron chi connectivity index (χ4n) is 5.47. The second kappa shape index (κ2) is 11.3. The van der Waals surface area contributed by atoms with E-state index in [9.17, 15) is 9.59 Å². The highest BCUT2D eigenvalue weighted by Gasteiger charge is 2.51. The van der Waals surface area contributed by atoms with Crippen molar-refractivity contribution in [3.8, 4) is 0 Å². The number of nitrogens with zero attached hydrogens (tertiary/aromatic N) is 1. The predicted octanol–water partition coefficient (Wildman–Crippen LogP) is 2.18. The number of nitrogens with one attached hydrogen (secondary N) is 2. The van der Waals surface area contributed by atoms with Crippen LogP contribution in [0.3, 0.4) is 0 Å². The summed E-state index contributed by atoms with van der Waals surface area (Å²) in [6.07, 6.45) is 2.26. The molecule has 1 aliphatic heterocycles. The summed E-state index contributed by atoms with van der Waals surface area (Å²) >= 11 is 0. The normalized spacial score (nSPS) is 20.3. The lowest BCUT2D eigenvalue weighted by atomic mass is 9.97. The molecule has 1 aliphatic rings. The molecule has 1 aromatic heterocycles. The molecular formula is C28H38N4O4Si. The van der Waals surface area contributed by atoms with Crippen LogP contribution in [-0.2, 0) is 9.16 Å². The number of nitrogens with two attached hydrogens (primary N) is 1. The maximum Gasteiger partial charge on any atom is 0.330 e. The molecule has 0 saturated carbocycles. The molecule has 0 radical (unpaired) electrons. The Morgan fingerprint density at radius 3 is 2.22 bits per heavy atom. The summed E-state index contributed by atoms with van der Waals surface area (Å²) in [6, 6.07) is 21.0. The van der Waals surface area contributed by atoms with E-state index in [1.54, 1.807) is 13.1 Å². The van der Waals surface area contributed by atoms with Crippen molar-refractivity contribution in [2.45, 2.75) is 57.9 Å². The van der Waals surface area contributed by atoms with Gasteiger partial charge in [-0.25, -0.2) is 4.79 Å². The van der Waals surface area contributed by atoms with Gasteiger partial charge in [-0.05, 0) is 41.1 Å². The van der Waals surface area contributed by atoms with Crippen molar-refractivity contribution in [3.63, 3.8) is 0 Å². The fraction of sp³-hybridized carbons (Fsp3) is 0.429. The van der Waals surface area contributed by atoms with Crippen LogP contribution in [0.15, 0.2) is 76.4 Å². The van der Waals surface area contributed by atoms with Crippen molar-refractivity contribution in [2.75, 3.05) is 13.2 Å². The summed E-state index contributed by atoms with van der Waals surface area (Å²) in [5, 5.41) is 2.25. The second-order valence-corrected chi connectivity index (χ2v) is 15.1. The zero-order valence-corrected chi connectivity index (χ0v) is 23.1. The van der Waals surface area contributed by atoms with Gasteiger partial charge in [0.15, 0.2) is 0 Å². The van der Waals surface area contributed by atoms with Gasteiger partial charge >= 0.3 is 5.69 Å².